The maximum Gasteiger partial charge on any atom is 0.0973 e. The third kappa shape index (κ3) is 1.58. The number of hydrogen-bond donors (Lipinski definition) is 1. The van der Waals surface area contributed by atoms with Crippen LogP contribution in [0.2, 0.25) is 0 Å². The van der Waals surface area contributed by atoms with E-state index in [-0.39, 0.29) is 0 Å². The van der Waals surface area contributed by atoms with Gasteiger partial charge in [0.05, 0.1) is 5.69 Å². The monoisotopic (exact) mass is 227 g/mol. The molecule has 3 heteroatoms. The number of benzene rings is 1. The summed E-state index contributed by atoms with van der Waals surface area (Å²) in [6.45, 7) is 0. The fraction of sp³-hybridized carbons (Fsp3) is 0.357. The molecule has 3 rings (SSSR count). The van der Waals surface area contributed by atoms with Crippen molar-refractivity contribution >= 4 is 0 Å². The van der Waals surface area contributed by atoms with E-state index in [1.54, 1.807) is 0 Å². The van der Waals surface area contributed by atoms with Crippen LogP contribution in [0.25, 0.3) is 11.3 Å². The van der Waals surface area contributed by atoms with Gasteiger partial charge >= 0.3 is 0 Å². The van der Waals surface area contributed by atoms with E-state index in [9.17, 15) is 0 Å². The molecule has 1 N–H and O–H groups in total. The van der Waals surface area contributed by atoms with Gasteiger partial charge in [-0.3, -0.25) is 4.68 Å². The lowest BCUT2D eigenvalue weighted by molar-refractivity contribution is 0.583. The van der Waals surface area contributed by atoms with Gasteiger partial charge in [0.2, 0.25) is 0 Å². The molecule has 0 saturated heterocycles. The zero-order chi connectivity index (χ0) is 11.8. The topological polar surface area (TPSA) is 29.9 Å². The van der Waals surface area contributed by atoms with Gasteiger partial charge in [0.1, 0.15) is 0 Å². The predicted octanol–water partition coefficient (Wildman–Crippen LogP) is 2.29. The van der Waals surface area contributed by atoms with Gasteiger partial charge in [0.15, 0.2) is 0 Å². The first-order chi connectivity index (χ1) is 8.31. The smallest absolute Gasteiger partial charge is 0.0973 e. The van der Waals surface area contributed by atoms with Gasteiger partial charge in [0.25, 0.3) is 0 Å². The summed E-state index contributed by atoms with van der Waals surface area (Å²) in [6, 6.07) is 10.9. The Balaban J connectivity index is 2.16. The van der Waals surface area contributed by atoms with E-state index in [4.69, 9.17) is 0 Å². The van der Waals surface area contributed by atoms with Gasteiger partial charge in [-0.05, 0) is 19.9 Å². The molecule has 1 atom stereocenters. The third-order valence-electron chi connectivity index (χ3n) is 3.62. The van der Waals surface area contributed by atoms with Crippen molar-refractivity contribution in [3.05, 3.63) is 41.6 Å². The third-order valence-corrected chi connectivity index (χ3v) is 3.62. The van der Waals surface area contributed by atoms with E-state index in [0.29, 0.717) is 6.04 Å². The molecule has 1 heterocycles. The normalized spacial score (nSPS) is 18.4. The zero-order valence-corrected chi connectivity index (χ0v) is 10.3. The van der Waals surface area contributed by atoms with Crippen molar-refractivity contribution in [1.82, 2.24) is 15.1 Å². The highest BCUT2D eigenvalue weighted by atomic mass is 15.3. The van der Waals surface area contributed by atoms with Crippen molar-refractivity contribution in [3.8, 4) is 11.3 Å². The first kappa shape index (κ1) is 10.5. The fourth-order valence-electron chi connectivity index (χ4n) is 2.76. The van der Waals surface area contributed by atoms with Gasteiger partial charge in [-0.1, -0.05) is 30.3 Å². The summed E-state index contributed by atoms with van der Waals surface area (Å²) in [6.07, 6.45) is 2.30. The summed E-state index contributed by atoms with van der Waals surface area (Å²) in [7, 11) is 4.07. The molecule has 0 amide bonds. The Bertz CT molecular complexity index is 528. The van der Waals surface area contributed by atoms with E-state index >= 15 is 0 Å². The van der Waals surface area contributed by atoms with Crippen LogP contribution in [-0.4, -0.2) is 16.8 Å². The van der Waals surface area contributed by atoms with Crippen LogP contribution in [0.15, 0.2) is 30.3 Å². The Hall–Kier alpha value is -1.61. The maximum atomic E-state index is 4.68. The molecule has 2 aromatic rings. The lowest BCUT2D eigenvalue weighted by Crippen LogP contribution is -2.13. The summed E-state index contributed by atoms with van der Waals surface area (Å²) in [4.78, 5) is 0. The molecule has 0 aliphatic heterocycles. The van der Waals surface area contributed by atoms with Crippen molar-refractivity contribution in [3.63, 3.8) is 0 Å². The number of fused-ring (bicyclic) bond motifs is 1. The molecule has 1 aliphatic rings. The molecular formula is C14H17N3. The molecule has 0 radical (unpaired) electrons. The minimum atomic E-state index is 0.453. The molecule has 1 aliphatic carbocycles. The summed E-state index contributed by atoms with van der Waals surface area (Å²) >= 11 is 0. The Labute approximate surface area is 101 Å². The first-order valence-corrected chi connectivity index (χ1v) is 6.09. The number of hydrogen-bond acceptors (Lipinski definition) is 2. The van der Waals surface area contributed by atoms with Crippen LogP contribution < -0.4 is 5.32 Å². The SMILES string of the molecule is CNC1CCc2c1c(-c1ccccc1)nn2C. The van der Waals surface area contributed by atoms with Crippen molar-refractivity contribution < 1.29 is 0 Å². The summed E-state index contributed by atoms with van der Waals surface area (Å²) < 4.78 is 2.04. The highest BCUT2D eigenvalue weighted by Gasteiger charge is 2.29. The molecular weight excluding hydrogens is 210 g/mol. The molecule has 1 aromatic heterocycles. The van der Waals surface area contributed by atoms with Crippen LogP contribution in [-0.2, 0) is 13.5 Å². The van der Waals surface area contributed by atoms with Gasteiger partial charge in [-0.25, -0.2) is 0 Å². The van der Waals surface area contributed by atoms with Crippen molar-refractivity contribution in [2.75, 3.05) is 7.05 Å². The molecule has 3 nitrogen and oxygen atoms in total. The Morgan fingerprint density at radius 1 is 1.29 bits per heavy atom. The summed E-state index contributed by atoms with van der Waals surface area (Å²) in [5.41, 5.74) is 5.12. The minimum Gasteiger partial charge on any atom is -0.313 e. The first-order valence-electron chi connectivity index (χ1n) is 6.09. The number of rotatable bonds is 2. The lowest BCUT2D eigenvalue weighted by atomic mass is 10.0. The van der Waals surface area contributed by atoms with Crippen LogP contribution in [0.3, 0.4) is 0 Å². The van der Waals surface area contributed by atoms with Crippen LogP contribution in [0, 0.1) is 0 Å². The lowest BCUT2D eigenvalue weighted by Gasteiger charge is -2.10. The molecule has 0 spiro atoms. The molecule has 1 unspecified atom stereocenters. The van der Waals surface area contributed by atoms with Gasteiger partial charge in [0, 0.05) is 29.9 Å². The zero-order valence-electron chi connectivity index (χ0n) is 10.3. The fourth-order valence-corrected chi connectivity index (χ4v) is 2.76. The molecule has 0 bridgehead atoms. The highest BCUT2D eigenvalue weighted by molar-refractivity contribution is 5.65. The average molecular weight is 227 g/mol. The second-order valence-corrected chi connectivity index (χ2v) is 4.58. The van der Waals surface area contributed by atoms with Crippen LogP contribution in [0.1, 0.15) is 23.7 Å². The second kappa shape index (κ2) is 4.00. The average Bonchev–Trinajstić information content (AvgIpc) is 2.92. The second-order valence-electron chi connectivity index (χ2n) is 4.58. The standard InChI is InChI=1S/C14H17N3/c1-15-11-8-9-12-13(11)14(16-17(12)2)10-6-4-3-5-7-10/h3-7,11,15H,8-9H2,1-2H3. The molecule has 0 fully saturated rings. The highest BCUT2D eigenvalue weighted by Crippen LogP contribution is 2.37. The Morgan fingerprint density at radius 2 is 2.06 bits per heavy atom. The summed E-state index contributed by atoms with van der Waals surface area (Å²) in [5, 5.41) is 8.07. The molecule has 88 valence electrons. The van der Waals surface area contributed by atoms with E-state index in [2.05, 4.69) is 34.7 Å². The van der Waals surface area contributed by atoms with Crippen molar-refractivity contribution in [2.45, 2.75) is 18.9 Å². The van der Waals surface area contributed by atoms with Crippen LogP contribution >= 0.6 is 0 Å². The molecule has 1 aromatic carbocycles. The van der Waals surface area contributed by atoms with Gasteiger partial charge < -0.3 is 5.32 Å². The minimum absolute atomic E-state index is 0.453. The van der Waals surface area contributed by atoms with Crippen molar-refractivity contribution in [1.29, 1.82) is 0 Å². The van der Waals surface area contributed by atoms with Crippen LogP contribution in [0.5, 0.6) is 0 Å². The molecule has 17 heavy (non-hydrogen) atoms. The van der Waals surface area contributed by atoms with Gasteiger partial charge in [-0.2, -0.15) is 5.10 Å². The van der Waals surface area contributed by atoms with E-state index in [1.807, 2.05) is 24.8 Å². The van der Waals surface area contributed by atoms with Gasteiger partial charge in [-0.15, -0.1) is 0 Å². The van der Waals surface area contributed by atoms with Crippen LogP contribution in [0.4, 0.5) is 0 Å². The van der Waals surface area contributed by atoms with E-state index in [1.165, 1.54) is 23.2 Å². The van der Waals surface area contributed by atoms with E-state index < -0.39 is 0 Å². The largest absolute Gasteiger partial charge is 0.313 e. The van der Waals surface area contributed by atoms with Crippen molar-refractivity contribution in [2.24, 2.45) is 7.05 Å². The number of aryl methyl sites for hydroxylation is 1. The Kier molecular flexibility index (Phi) is 2.48. The Morgan fingerprint density at radius 3 is 2.76 bits per heavy atom. The maximum absolute atomic E-state index is 4.68. The number of nitrogens with zero attached hydrogens (tertiary/aromatic N) is 2. The number of aromatic nitrogens is 2. The predicted molar refractivity (Wildman–Crippen MR) is 68.8 cm³/mol. The summed E-state index contributed by atoms with van der Waals surface area (Å²) in [5.74, 6) is 0. The number of nitrogens with one attached hydrogen (secondary N) is 1. The van der Waals surface area contributed by atoms with E-state index in [0.717, 1.165) is 12.1 Å². The quantitative estimate of drug-likeness (QED) is 0.853. The molecule has 0 saturated carbocycles.